The molecule has 94 valence electrons. The summed E-state index contributed by atoms with van der Waals surface area (Å²) >= 11 is 0. The summed E-state index contributed by atoms with van der Waals surface area (Å²) in [6.45, 7) is 8.97. The molecule has 0 aromatic heterocycles. The molecule has 3 nitrogen and oxygen atoms in total. The topological polar surface area (TPSA) is 29.5 Å². The normalized spacial score (nSPS) is 33.6. The van der Waals surface area contributed by atoms with Crippen LogP contribution < -0.4 is 0 Å². The third-order valence-electron chi connectivity index (χ3n) is 3.52. The molecule has 2 atom stereocenters. The summed E-state index contributed by atoms with van der Waals surface area (Å²) in [6, 6.07) is 0. The molecular formula is C13H21NO2Si. The van der Waals surface area contributed by atoms with E-state index in [4.69, 9.17) is 4.74 Å². The van der Waals surface area contributed by atoms with E-state index in [0.29, 0.717) is 6.61 Å². The van der Waals surface area contributed by atoms with Gasteiger partial charge in [-0.15, -0.1) is 11.5 Å². The van der Waals surface area contributed by atoms with E-state index in [1.54, 1.807) is 0 Å². The number of esters is 1. The molecule has 0 bridgehead atoms. The molecule has 17 heavy (non-hydrogen) atoms. The number of rotatable bonds is 0. The Morgan fingerprint density at radius 3 is 2.71 bits per heavy atom. The fourth-order valence-electron chi connectivity index (χ4n) is 2.66. The molecule has 0 radical (unpaired) electrons. The van der Waals surface area contributed by atoms with Crippen LogP contribution in [0, 0.1) is 22.8 Å². The lowest BCUT2D eigenvalue weighted by Gasteiger charge is -2.21. The molecule has 0 aromatic carbocycles. The van der Waals surface area contributed by atoms with Crippen molar-refractivity contribution in [3.63, 3.8) is 0 Å². The quantitative estimate of drug-likeness (QED) is 0.370. The number of nitrogens with zero attached hydrogens (tertiary/aromatic N) is 1. The standard InChI is InChI=1S/C13H21NO2Si/c1-14-9-11(5-8-17(2,3)4)13(10-14)6-7-16-12(13)15/h11H,6-7,9-10H2,1-4H3/t11?,13-/m0/s1. The maximum Gasteiger partial charge on any atom is 0.314 e. The first-order valence-corrected chi connectivity index (χ1v) is 9.72. The van der Waals surface area contributed by atoms with Gasteiger partial charge in [0.05, 0.1) is 12.0 Å². The summed E-state index contributed by atoms with van der Waals surface area (Å²) in [7, 11) is 0.691. The van der Waals surface area contributed by atoms with Gasteiger partial charge < -0.3 is 9.64 Å². The second-order valence-corrected chi connectivity index (χ2v) is 11.1. The van der Waals surface area contributed by atoms with Crippen LogP contribution in [0.4, 0.5) is 0 Å². The Morgan fingerprint density at radius 1 is 1.47 bits per heavy atom. The Morgan fingerprint density at radius 2 is 2.18 bits per heavy atom. The van der Waals surface area contributed by atoms with Gasteiger partial charge in [-0.3, -0.25) is 4.79 Å². The smallest absolute Gasteiger partial charge is 0.314 e. The zero-order valence-electron chi connectivity index (χ0n) is 11.2. The Labute approximate surface area is 105 Å². The van der Waals surface area contributed by atoms with Crippen LogP contribution in [0.2, 0.25) is 19.6 Å². The highest BCUT2D eigenvalue weighted by atomic mass is 28.3. The van der Waals surface area contributed by atoms with Crippen LogP contribution in [0.3, 0.4) is 0 Å². The number of cyclic esters (lactones) is 1. The average Bonchev–Trinajstić information content (AvgIpc) is 2.69. The molecule has 2 aliphatic rings. The lowest BCUT2D eigenvalue weighted by atomic mass is 9.77. The van der Waals surface area contributed by atoms with Crippen molar-refractivity contribution in [2.45, 2.75) is 26.1 Å². The van der Waals surface area contributed by atoms with E-state index in [9.17, 15) is 4.79 Å². The summed E-state index contributed by atoms with van der Waals surface area (Å²) in [5.74, 6) is 3.51. The van der Waals surface area contributed by atoms with Gasteiger partial charge in [-0.25, -0.2) is 0 Å². The molecule has 1 spiro atoms. The van der Waals surface area contributed by atoms with Crippen molar-refractivity contribution < 1.29 is 9.53 Å². The van der Waals surface area contributed by atoms with Gasteiger partial charge in [0.1, 0.15) is 8.07 Å². The maximum absolute atomic E-state index is 12.0. The van der Waals surface area contributed by atoms with Gasteiger partial charge in [0, 0.05) is 25.4 Å². The first kappa shape index (κ1) is 12.7. The molecular weight excluding hydrogens is 230 g/mol. The summed E-state index contributed by atoms with van der Waals surface area (Å²) in [4.78, 5) is 14.2. The first-order valence-electron chi connectivity index (χ1n) is 6.22. The van der Waals surface area contributed by atoms with Gasteiger partial charge in [-0.05, 0) is 7.05 Å². The molecule has 4 heteroatoms. The van der Waals surface area contributed by atoms with Crippen LogP contribution in [-0.4, -0.2) is 45.7 Å². The highest BCUT2D eigenvalue weighted by molar-refractivity contribution is 6.83. The van der Waals surface area contributed by atoms with Crippen molar-refractivity contribution in [3.8, 4) is 11.5 Å². The highest BCUT2D eigenvalue weighted by Crippen LogP contribution is 2.43. The maximum atomic E-state index is 12.0. The van der Waals surface area contributed by atoms with E-state index in [1.165, 1.54) is 0 Å². The predicted molar refractivity (Wildman–Crippen MR) is 70.1 cm³/mol. The predicted octanol–water partition coefficient (Wildman–Crippen LogP) is 1.36. The molecule has 0 amide bonds. The van der Waals surface area contributed by atoms with Crippen molar-refractivity contribution in [2.75, 3.05) is 26.7 Å². The lowest BCUT2D eigenvalue weighted by molar-refractivity contribution is -0.146. The van der Waals surface area contributed by atoms with E-state index >= 15 is 0 Å². The number of carbonyl (C=O) groups excluding carboxylic acids is 1. The van der Waals surface area contributed by atoms with Gasteiger partial charge in [0.2, 0.25) is 0 Å². The minimum Gasteiger partial charge on any atom is -0.465 e. The van der Waals surface area contributed by atoms with Gasteiger partial charge in [-0.2, -0.15) is 0 Å². The Kier molecular flexibility index (Phi) is 3.09. The molecule has 2 saturated heterocycles. The lowest BCUT2D eigenvalue weighted by Crippen LogP contribution is -2.34. The number of carbonyl (C=O) groups is 1. The van der Waals surface area contributed by atoms with Crippen molar-refractivity contribution in [1.29, 1.82) is 0 Å². The van der Waals surface area contributed by atoms with Gasteiger partial charge in [0.15, 0.2) is 0 Å². The molecule has 2 heterocycles. The summed E-state index contributed by atoms with van der Waals surface area (Å²) in [5, 5.41) is 0. The minimum absolute atomic E-state index is 0.0308. The molecule has 0 aromatic rings. The van der Waals surface area contributed by atoms with Crippen molar-refractivity contribution in [1.82, 2.24) is 4.90 Å². The summed E-state index contributed by atoms with van der Waals surface area (Å²) in [6.07, 6.45) is 0.835. The van der Waals surface area contributed by atoms with Crippen LogP contribution >= 0.6 is 0 Å². The van der Waals surface area contributed by atoms with E-state index < -0.39 is 8.07 Å². The van der Waals surface area contributed by atoms with Gasteiger partial charge in [0.25, 0.3) is 0 Å². The zero-order valence-corrected chi connectivity index (χ0v) is 12.2. The molecule has 0 aliphatic carbocycles. The third-order valence-corrected chi connectivity index (χ3v) is 4.42. The van der Waals surface area contributed by atoms with Gasteiger partial charge >= 0.3 is 5.97 Å². The molecule has 2 rings (SSSR count). The Balaban J connectivity index is 2.25. The fraction of sp³-hybridized carbons (Fsp3) is 0.769. The van der Waals surface area contributed by atoms with Crippen LogP contribution in [0.5, 0.6) is 0 Å². The molecule has 2 fully saturated rings. The number of ether oxygens (including phenoxy) is 1. The van der Waals surface area contributed by atoms with Gasteiger partial charge in [-0.1, -0.05) is 19.6 Å². The van der Waals surface area contributed by atoms with Crippen molar-refractivity contribution >= 4 is 14.0 Å². The largest absolute Gasteiger partial charge is 0.465 e. The van der Waals surface area contributed by atoms with Crippen LogP contribution in [0.25, 0.3) is 0 Å². The van der Waals surface area contributed by atoms with E-state index in [1.807, 2.05) is 0 Å². The third kappa shape index (κ3) is 2.41. The van der Waals surface area contributed by atoms with Crippen molar-refractivity contribution in [3.05, 3.63) is 0 Å². The molecule has 1 unspecified atom stereocenters. The molecule has 0 N–H and O–H groups in total. The Hall–Kier alpha value is -0.793. The van der Waals surface area contributed by atoms with Crippen LogP contribution in [0.15, 0.2) is 0 Å². The highest BCUT2D eigenvalue weighted by Gasteiger charge is 2.54. The Bertz CT molecular complexity index is 390. The number of hydrogen-bond acceptors (Lipinski definition) is 3. The fourth-order valence-corrected chi connectivity index (χ4v) is 3.27. The second kappa shape index (κ2) is 4.15. The zero-order chi connectivity index (χ0) is 12.7. The van der Waals surface area contributed by atoms with Crippen LogP contribution in [-0.2, 0) is 9.53 Å². The number of hydrogen-bond donors (Lipinski definition) is 0. The molecule has 0 saturated carbocycles. The monoisotopic (exact) mass is 251 g/mol. The van der Waals surface area contributed by atoms with Crippen molar-refractivity contribution in [2.24, 2.45) is 11.3 Å². The summed E-state index contributed by atoms with van der Waals surface area (Å²) in [5.41, 5.74) is 3.08. The average molecular weight is 251 g/mol. The SMILES string of the molecule is CN1CC(C#C[Si](C)(C)C)[C@]2(CCOC2=O)C1. The van der Waals surface area contributed by atoms with E-state index in [2.05, 4.69) is 43.1 Å². The second-order valence-electron chi connectivity index (χ2n) is 6.31. The van der Waals surface area contributed by atoms with E-state index in [0.717, 1.165) is 19.5 Å². The first-order chi connectivity index (χ1) is 7.83. The summed E-state index contributed by atoms with van der Waals surface area (Å²) < 4.78 is 5.18. The van der Waals surface area contributed by atoms with E-state index in [-0.39, 0.29) is 17.3 Å². The number of likely N-dealkylation sites (tertiary alicyclic amines) is 1. The minimum atomic E-state index is -1.37. The van der Waals surface area contributed by atoms with Crippen LogP contribution in [0.1, 0.15) is 6.42 Å². The molecule has 2 aliphatic heterocycles.